The number of benzene rings is 2. The molecule has 0 aromatic heterocycles. The van der Waals surface area contributed by atoms with E-state index in [0.29, 0.717) is 22.0 Å². The lowest BCUT2D eigenvalue weighted by molar-refractivity contribution is 0.146. The number of hydrogen-bond acceptors (Lipinski definition) is 2. The van der Waals surface area contributed by atoms with Crippen LogP contribution in [0.1, 0.15) is 17.2 Å². The summed E-state index contributed by atoms with van der Waals surface area (Å²) in [6.45, 7) is 0. The minimum absolute atomic E-state index is 0.432. The van der Waals surface area contributed by atoms with Gasteiger partial charge in [0.2, 0.25) is 0 Å². The molecule has 0 radical (unpaired) electrons. The molecule has 0 saturated carbocycles. The van der Waals surface area contributed by atoms with Gasteiger partial charge < -0.3 is 10.8 Å². The van der Waals surface area contributed by atoms with Crippen LogP contribution in [-0.2, 0) is 6.42 Å². The number of aliphatic hydroxyl groups excluding tert-OH is 1. The Morgan fingerprint density at radius 2 is 1.74 bits per heavy atom. The van der Waals surface area contributed by atoms with Gasteiger partial charge >= 0.3 is 0 Å². The largest absolute Gasteiger partial charge is 0.387 e. The van der Waals surface area contributed by atoms with E-state index in [9.17, 15) is 5.11 Å². The highest BCUT2D eigenvalue weighted by molar-refractivity contribution is 6.33. The Bertz CT molecular complexity index is 545. The molecule has 4 heteroatoms. The molecule has 0 fully saturated rings. The van der Waals surface area contributed by atoms with Crippen LogP contribution in [0.5, 0.6) is 0 Å². The molecule has 0 bridgehead atoms. The van der Waals surface area contributed by atoms with Gasteiger partial charge in [0.15, 0.2) is 0 Å². The van der Waals surface area contributed by atoms with E-state index in [-0.39, 0.29) is 0 Å². The van der Waals surface area contributed by atoms with Gasteiger partial charge in [0.05, 0.1) is 6.10 Å². The van der Waals surface area contributed by atoms with E-state index in [1.54, 1.807) is 18.2 Å². The fourth-order valence-electron chi connectivity index (χ4n) is 1.97. The monoisotopic (exact) mass is 295 g/mol. The van der Waals surface area contributed by atoms with Crippen molar-refractivity contribution in [1.82, 2.24) is 0 Å². The molecule has 0 aliphatic heterocycles. The Morgan fingerprint density at radius 3 is 2.42 bits per heavy atom. The summed E-state index contributed by atoms with van der Waals surface area (Å²) in [5, 5.41) is 11.3. The van der Waals surface area contributed by atoms with Crippen molar-refractivity contribution in [2.45, 2.75) is 18.6 Å². The average molecular weight is 296 g/mol. The lowest BCUT2D eigenvalue weighted by atomic mass is 9.97. The first-order chi connectivity index (χ1) is 9.08. The van der Waals surface area contributed by atoms with Crippen LogP contribution >= 0.6 is 23.2 Å². The smallest absolute Gasteiger partial charge is 0.0958 e. The van der Waals surface area contributed by atoms with Crippen LogP contribution in [0.3, 0.4) is 0 Å². The molecule has 2 atom stereocenters. The minimum Gasteiger partial charge on any atom is -0.387 e. The topological polar surface area (TPSA) is 46.2 Å². The molecule has 2 aromatic rings. The molecular formula is C15H15Cl2NO. The van der Waals surface area contributed by atoms with Gasteiger partial charge in [-0.2, -0.15) is 0 Å². The fourth-order valence-corrected chi connectivity index (χ4v) is 2.38. The SMILES string of the molecule is NC(Cc1ccccc1)C(O)c1cc(Cl)ccc1Cl. The quantitative estimate of drug-likeness (QED) is 0.905. The van der Waals surface area contributed by atoms with E-state index in [1.807, 2.05) is 30.3 Å². The molecule has 0 spiro atoms. The van der Waals surface area contributed by atoms with Crippen LogP contribution in [0.2, 0.25) is 10.0 Å². The molecule has 0 amide bonds. The first-order valence-electron chi connectivity index (χ1n) is 6.00. The molecule has 2 unspecified atom stereocenters. The summed E-state index contributed by atoms with van der Waals surface area (Å²) in [5.74, 6) is 0. The van der Waals surface area contributed by atoms with E-state index >= 15 is 0 Å². The Morgan fingerprint density at radius 1 is 1.05 bits per heavy atom. The zero-order valence-electron chi connectivity index (χ0n) is 10.3. The van der Waals surface area contributed by atoms with Crippen LogP contribution in [0.4, 0.5) is 0 Å². The van der Waals surface area contributed by atoms with Crippen LogP contribution in [0, 0.1) is 0 Å². The van der Waals surface area contributed by atoms with E-state index < -0.39 is 12.1 Å². The predicted molar refractivity (Wildman–Crippen MR) is 79.5 cm³/mol. The minimum atomic E-state index is -0.841. The van der Waals surface area contributed by atoms with Crippen molar-refractivity contribution in [3.8, 4) is 0 Å². The summed E-state index contributed by atoms with van der Waals surface area (Å²) in [4.78, 5) is 0. The molecule has 2 aromatic carbocycles. The number of aliphatic hydroxyl groups is 1. The van der Waals surface area contributed by atoms with Crippen molar-refractivity contribution in [3.63, 3.8) is 0 Å². The van der Waals surface area contributed by atoms with E-state index in [1.165, 1.54) is 0 Å². The van der Waals surface area contributed by atoms with Gasteiger partial charge in [-0.25, -0.2) is 0 Å². The molecule has 2 nitrogen and oxygen atoms in total. The fraction of sp³-hybridized carbons (Fsp3) is 0.200. The summed E-state index contributed by atoms with van der Waals surface area (Å²) >= 11 is 12.0. The third kappa shape index (κ3) is 3.71. The third-order valence-electron chi connectivity index (χ3n) is 3.00. The number of nitrogens with two attached hydrogens (primary N) is 1. The molecule has 3 N–H and O–H groups in total. The second-order valence-electron chi connectivity index (χ2n) is 4.46. The van der Waals surface area contributed by atoms with Gasteiger partial charge in [-0.3, -0.25) is 0 Å². The normalized spacial score (nSPS) is 14.1. The summed E-state index contributed by atoms with van der Waals surface area (Å²) in [6, 6.07) is 14.4. The highest BCUT2D eigenvalue weighted by atomic mass is 35.5. The highest BCUT2D eigenvalue weighted by Gasteiger charge is 2.20. The highest BCUT2D eigenvalue weighted by Crippen LogP contribution is 2.28. The molecule has 19 heavy (non-hydrogen) atoms. The number of rotatable bonds is 4. The van der Waals surface area contributed by atoms with Crippen LogP contribution in [0.15, 0.2) is 48.5 Å². The summed E-state index contributed by atoms with van der Waals surface area (Å²) in [6.07, 6.45) is -0.267. The Hall–Kier alpha value is -1.06. The van der Waals surface area contributed by atoms with Crippen molar-refractivity contribution in [2.75, 3.05) is 0 Å². The van der Waals surface area contributed by atoms with E-state index in [2.05, 4.69) is 0 Å². The Labute approximate surface area is 122 Å². The van der Waals surface area contributed by atoms with Crippen molar-refractivity contribution >= 4 is 23.2 Å². The standard InChI is InChI=1S/C15H15Cl2NO/c16-11-6-7-13(17)12(9-11)15(19)14(18)8-10-4-2-1-3-5-10/h1-7,9,14-15,19H,8,18H2. The van der Waals surface area contributed by atoms with Crippen LogP contribution < -0.4 is 5.73 Å². The molecule has 0 aliphatic rings. The molecule has 100 valence electrons. The molecule has 0 heterocycles. The van der Waals surface area contributed by atoms with Gasteiger partial charge in [-0.05, 0) is 30.2 Å². The lowest BCUT2D eigenvalue weighted by Crippen LogP contribution is -2.30. The molecule has 0 aliphatic carbocycles. The maximum atomic E-state index is 10.3. The second kappa shape index (κ2) is 6.40. The van der Waals surface area contributed by atoms with Gasteiger partial charge in [-0.15, -0.1) is 0 Å². The van der Waals surface area contributed by atoms with Gasteiger partial charge in [0.25, 0.3) is 0 Å². The Kier molecular flexibility index (Phi) is 4.83. The molecular weight excluding hydrogens is 281 g/mol. The summed E-state index contributed by atoms with van der Waals surface area (Å²) < 4.78 is 0. The Balaban J connectivity index is 2.14. The second-order valence-corrected chi connectivity index (χ2v) is 5.31. The molecule has 2 rings (SSSR count). The van der Waals surface area contributed by atoms with E-state index in [0.717, 1.165) is 5.56 Å². The maximum Gasteiger partial charge on any atom is 0.0958 e. The predicted octanol–water partition coefficient (Wildman–Crippen LogP) is 3.60. The zero-order valence-corrected chi connectivity index (χ0v) is 11.8. The third-order valence-corrected chi connectivity index (χ3v) is 3.58. The number of halogens is 2. The number of hydrogen-bond donors (Lipinski definition) is 2. The van der Waals surface area contributed by atoms with Crippen LogP contribution in [0.25, 0.3) is 0 Å². The van der Waals surface area contributed by atoms with E-state index in [4.69, 9.17) is 28.9 Å². The first-order valence-corrected chi connectivity index (χ1v) is 6.76. The maximum absolute atomic E-state index is 10.3. The molecule has 0 saturated heterocycles. The van der Waals surface area contributed by atoms with Crippen LogP contribution in [-0.4, -0.2) is 11.1 Å². The van der Waals surface area contributed by atoms with Crippen molar-refractivity contribution in [3.05, 3.63) is 69.7 Å². The van der Waals surface area contributed by atoms with Crippen molar-refractivity contribution in [1.29, 1.82) is 0 Å². The lowest BCUT2D eigenvalue weighted by Gasteiger charge is -2.20. The summed E-state index contributed by atoms with van der Waals surface area (Å²) in [7, 11) is 0. The summed E-state index contributed by atoms with van der Waals surface area (Å²) in [5.41, 5.74) is 7.69. The van der Waals surface area contributed by atoms with Gasteiger partial charge in [0, 0.05) is 21.7 Å². The van der Waals surface area contributed by atoms with Crippen molar-refractivity contribution in [2.24, 2.45) is 5.73 Å². The zero-order chi connectivity index (χ0) is 13.8. The van der Waals surface area contributed by atoms with Crippen molar-refractivity contribution < 1.29 is 5.11 Å². The van der Waals surface area contributed by atoms with Gasteiger partial charge in [-0.1, -0.05) is 53.5 Å². The first kappa shape index (κ1) is 14.4. The van der Waals surface area contributed by atoms with Gasteiger partial charge in [0.1, 0.15) is 0 Å². The average Bonchev–Trinajstić information content (AvgIpc) is 2.42.